The van der Waals surface area contributed by atoms with Gasteiger partial charge in [-0.05, 0) is 46.2 Å². The lowest BCUT2D eigenvalue weighted by molar-refractivity contribution is 0.256. The summed E-state index contributed by atoms with van der Waals surface area (Å²) in [5, 5.41) is 3.59. The Hall–Kier alpha value is 0.270. The predicted octanol–water partition coefficient (Wildman–Crippen LogP) is 1.96. The lowest BCUT2D eigenvalue weighted by atomic mass is 10.2. The van der Waals surface area contributed by atoms with E-state index in [1.165, 1.54) is 51.2 Å². The van der Waals surface area contributed by atoms with Gasteiger partial charge in [-0.25, -0.2) is 0 Å². The van der Waals surface area contributed by atoms with Crippen LogP contribution in [-0.4, -0.2) is 47.6 Å². The molecule has 2 fully saturated rings. The minimum absolute atomic E-state index is 0.474. The van der Waals surface area contributed by atoms with Gasteiger partial charge in [0.15, 0.2) is 0 Å². The molecular weight excluding hydrogens is 204 g/mol. The Morgan fingerprint density at radius 1 is 1.40 bits per heavy atom. The van der Waals surface area contributed by atoms with Gasteiger partial charge in [-0.15, -0.1) is 0 Å². The molecule has 15 heavy (non-hydrogen) atoms. The number of hydrogen-bond donors (Lipinski definition) is 1. The molecule has 0 aromatic rings. The first-order valence-corrected chi connectivity index (χ1v) is 7.24. The van der Waals surface area contributed by atoms with Crippen LogP contribution in [0.15, 0.2) is 0 Å². The molecule has 3 heteroatoms. The van der Waals surface area contributed by atoms with Crippen molar-refractivity contribution in [2.24, 2.45) is 0 Å². The van der Waals surface area contributed by atoms with Crippen molar-refractivity contribution in [3.05, 3.63) is 0 Å². The van der Waals surface area contributed by atoms with Crippen LogP contribution >= 0.6 is 11.8 Å². The van der Waals surface area contributed by atoms with Gasteiger partial charge in [-0.3, -0.25) is 0 Å². The van der Waals surface area contributed by atoms with E-state index in [-0.39, 0.29) is 0 Å². The van der Waals surface area contributed by atoms with Crippen LogP contribution in [0.4, 0.5) is 0 Å². The SMILES string of the molecule is CC1(C)CN(CCCNC2CC2)CCS1. The molecule has 88 valence electrons. The van der Waals surface area contributed by atoms with Crippen LogP contribution in [0.25, 0.3) is 0 Å². The third-order valence-electron chi connectivity index (χ3n) is 3.17. The maximum Gasteiger partial charge on any atom is 0.0231 e. The van der Waals surface area contributed by atoms with Crippen molar-refractivity contribution in [2.75, 3.05) is 31.9 Å². The Morgan fingerprint density at radius 3 is 2.87 bits per heavy atom. The molecule has 0 aromatic heterocycles. The van der Waals surface area contributed by atoms with Crippen molar-refractivity contribution < 1.29 is 0 Å². The number of nitrogens with zero attached hydrogens (tertiary/aromatic N) is 1. The third kappa shape index (κ3) is 4.33. The van der Waals surface area contributed by atoms with E-state index < -0.39 is 0 Å². The average Bonchev–Trinajstić information content (AvgIpc) is 2.94. The molecule has 0 atom stereocenters. The lowest BCUT2D eigenvalue weighted by Gasteiger charge is -2.37. The summed E-state index contributed by atoms with van der Waals surface area (Å²) in [6.45, 7) is 9.79. The molecule has 1 saturated carbocycles. The van der Waals surface area contributed by atoms with Gasteiger partial charge in [0.05, 0.1) is 0 Å². The molecule has 0 aromatic carbocycles. The first-order valence-electron chi connectivity index (χ1n) is 6.25. The third-order valence-corrected chi connectivity index (χ3v) is 4.46. The molecule has 1 saturated heterocycles. The molecule has 1 N–H and O–H groups in total. The lowest BCUT2D eigenvalue weighted by Crippen LogP contribution is -2.43. The summed E-state index contributed by atoms with van der Waals surface area (Å²) >= 11 is 2.12. The van der Waals surface area contributed by atoms with Crippen LogP contribution in [0.2, 0.25) is 0 Å². The minimum atomic E-state index is 0.474. The van der Waals surface area contributed by atoms with Crippen LogP contribution in [0.1, 0.15) is 33.1 Å². The number of hydrogen-bond acceptors (Lipinski definition) is 3. The van der Waals surface area contributed by atoms with Crippen molar-refractivity contribution in [1.82, 2.24) is 10.2 Å². The number of thioether (sulfide) groups is 1. The highest BCUT2D eigenvalue weighted by atomic mass is 32.2. The van der Waals surface area contributed by atoms with E-state index in [1.807, 2.05) is 0 Å². The Balaban J connectivity index is 1.57. The molecule has 0 radical (unpaired) electrons. The molecule has 2 rings (SSSR count). The fourth-order valence-corrected chi connectivity index (χ4v) is 3.38. The molecule has 1 aliphatic carbocycles. The van der Waals surface area contributed by atoms with E-state index in [0.717, 1.165) is 6.04 Å². The zero-order valence-electron chi connectivity index (χ0n) is 10.1. The first-order chi connectivity index (χ1) is 7.16. The zero-order valence-corrected chi connectivity index (χ0v) is 10.9. The molecular formula is C12H24N2S. The molecule has 0 spiro atoms. The molecule has 2 nitrogen and oxygen atoms in total. The van der Waals surface area contributed by atoms with Crippen LogP contribution in [0, 0.1) is 0 Å². The highest BCUT2D eigenvalue weighted by Crippen LogP contribution is 2.29. The maximum atomic E-state index is 3.59. The monoisotopic (exact) mass is 228 g/mol. The Kier molecular flexibility index (Phi) is 3.97. The molecule has 2 aliphatic rings. The summed E-state index contributed by atoms with van der Waals surface area (Å²) in [4.78, 5) is 2.63. The first kappa shape index (κ1) is 11.7. The molecule has 0 amide bonds. The summed E-state index contributed by atoms with van der Waals surface area (Å²) in [6, 6.07) is 0.873. The summed E-state index contributed by atoms with van der Waals surface area (Å²) in [7, 11) is 0. The van der Waals surface area contributed by atoms with Gasteiger partial charge in [-0.1, -0.05) is 0 Å². The molecule has 1 aliphatic heterocycles. The highest BCUT2D eigenvalue weighted by Gasteiger charge is 2.26. The topological polar surface area (TPSA) is 15.3 Å². The quantitative estimate of drug-likeness (QED) is 0.724. The van der Waals surface area contributed by atoms with E-state index >= 15 is 0 Å². The summed E-state index contributed by atoms with van der Waals surface area (Å²) in [6.07, 6.45) is 4.14. The Bertz CT molecular complexity index is 202. The van der Waals surface area contributed by atoms with Gasteiger partial charge in [0.1, 0.15) is 0 Å². The van der Waals surface area contributed by atoms with Gasteiger partial charge in [0.2, 0.25) is 0 Å². The smallest absolute Gasteiger partial charge is 0.0231 e. The second-order valence-electron chi connectivity index (χ2n) is 5.47. The molecule has 0 unspecified atom stereocenters. The maximum absolute atomic E-state index is 3.59. The Labute approximate surface area is 98.2 Å². The summed E-state index contributed by atoms with van der Waals surface area (Å²) in [5.41, 5.74) is 0. The second-order valence-corrected chi connectivity index (χ2v) is 7.27. The van der Waals surface area contributed by atoms with Crippen molar-refractivity contribution in [1.29, 1.82) is 0 Å². The van der Waals surface area contributed by atoms with E-state index in [1.54, 1.807) is 0 Å². The normalized spacial score (nSPS) is 26.8. The van der Waals surface area contributed by atoms with Gasteiger partial charge in [0.25, 0.3) is 0 Å². The number of nitrogens with one attached hydrogen (secondary N) is 1. The minimum Gasteiger partial charge on any atom is -0.314 e. The van der Waals surface area contributed by atoms with E-state index in [0.29, 0.717) is 4.75 Å². The van der Waals surface area contributed by atoms with Crippen molar-refractivity contribution >= 4 is 11.8 Å². The number of rotatable bonds is 5. The molecule has 0 bridgehead atoms. The summed E-state index contributed by atoms with van der Waals surface area (Å²) in [5.74, 6) is 1.31. The van der Waals surface area contributed by atoms with Crippen LogP contribution in [-0.2, 0) is 0 Å². The fraction of sp³-hybridized carbons (Fsp3) is 1.00. The van der Waals surface area contributed by atoms with Gasteiger partial charge in [-0.2, -0.15) is 11.8 Å². The highest BCUT2D eigenvalue weighted by molar-refractivity contribution is 8.00. The van der Waals surface area contributed by atoms with Crippen molar-refractivity contribution in [3.8, 4) is 0 Å². The standard InChI is InChI=1S/C12H24N2S/c1-12(2)10-14(8-9-15-12)7-3-6-13-11-4-5-11/h11,13H,3-10H2,1-2H3. The van der Waals surface area contributed by atoms with Gasteiger partial charge >= 0.3 is 0 Å². The predicted molar refractivity (Wildman–Crippen MR) is 68.6 cm³/mol. The van der Waals surface area contributed by atoms with Crippen LogP contribution in [0.3, 0.4) is 0 Å². The van der Waals surface area contributed by atoms with E-state index in [9.17, 15) is 0 Å². The second kappa shape index (κ2) is 5.07. The van der Waals surface area contributed by atoms with E-state index in [2.05, 4.69) is 35.8 Å². The zero-order chi connectivity index (χ0) is 10.7. The average molecular weight is 228 g/mol. The van der Waals surface area contributed by atoms with E-state index in [4.69, 9.17) is 0 Å². The van der Waals surface area contributed by atoms with Gasteiger partial charge < -0.3 is 10.2 Å². The van der Waals surface area contributed by atoms with Crippen molar-refractivity contribution in [2.45, 2.75) is 43.9 Å². The largest absolute Gasteiger partial charge is 0.314 e. The summed E-state index contributed by atoms with van der Waals surface area (Å²) < 4.78 is 0.474. The molecule has 1 heterocycles. The van der Waals surface area contributed by atoms with Gasteiger partial charge in [0, 0.05) is 29.6 Å². The fourth-order valence-electron chi connectivity index (χ4n) is 2.20. The van der Waals surface area contributed by atoms with Crippen LogP contribution < -0.4 is 5.32 Å². The van der Waals surface area contributed by atoms with Crippen LogP contribution in [0.5, 0.6) is 0 Å². The van der Waals surface area contributed by atoms with Crippen molar-refractivity contribution in [3.63, 3.8) is 0 Å². The Morgan fingerprint density at radius 2 is 2.20 bits per heavy atom.